The number of hydrogen-bond donors (Lipinski definition) is 1. The van der Waals surface area contributed by atoms with E-state index in [-0.39, 0.29) is 0 Å². The van der Waals surface area contributed by atoms with E-state index in [1.165, 1.54) is 0 Å². The molecule has 0 spiro atoms. The van der Waals surface area contributed by atoms with Crippen LogP contribution in [0.2, 0.25) is 0 Å². The maximum atomic E-state index is 10.7. The minimum Gasteiger partial charge on any atom is -0.384 e. The molecule has 1 aromatic rings. The van der Waals surface area contributed by atoms with Crippen LogP contribution in [0.25, 0.3) is 0 Å². The van der Waals surface area contributed by atoms with E-state index < -0.39 is 11.0 Å². The van der Waals surface area contributed by atoms with E-state index >= 15 is 0 Å². The van der Waals surface area contributed by atoms with Gasteiger partial charge in [-0.15, -0.1) is 0 Å². The van der Waals surface area contributed by atoms with Gasteiger partial charge in [-0.05, 0) is 38.0 Å². The van der Waals surface area contributed by atoms with Crippen LogP contribution in [0.3, 0.4) is 0 Å². The van der Waals surface area contributed by atoms with Gasteiger partial charge in [-0.2, -0.15) is 5.26 Å². The molecule has 0 radical (unpaired) electrons. The lowest BCUT2D eigenvalue weighted by atomic mass is 9.70. The Labute approximate surface area is 105 Å². The van der Waals surface area contributed by atoms with Gasteiger partial charge < -0.3 is 5.11 Å². The van der Waals surface area contributed by atoms with Gasteiger partial charge in [0.1, 0.15) is 5.60 Å². The Morgan fingerprint density at radius 1 is 1.44 bits per heavy atom. The Kier molecular flexibility index (Phi) is 3.77. The maximum Gasteiger partial charge on any atom is 0.107 e. The number of rotatable bonds is 3. The average Bonchev–Trinajstić information content (AvgIpc) is 2.27. The summed E-state index contributed by atoms with van der Waals surface area (Å²) in [5.41, 5.74) is -1.16. The van der Waals surface area contributed by atoms with E-state index in [1.807, 2.05) is 31.2 Å². The monoisotopic (exact) mass is 281 g/mol. The van der Waals surface area contributed by atoms with Crippen molar-refractivity contribution in [3.05, 3.63) is 34.3 Å². The Morgan fingerprint density at radius 3 is 2.50 bits per heavy atom. The van der Waals surface area contributed by atoms with Gasteiger partial charge in [0.05, 0.1) is 11.5 Å². The second-order valence-corrected chi connectivity index (χ2v) is 5.38. The summed E-state index contributed by atoms with van der Waals surface area (Å²) in [6.45, 7) is 5.41. The molecule has 1 rings (SSSR count). The van der Waals surface area contributed by atoms with E-state index in [0.29, 0.717) is 6.42 Å². The molecular formula is C13H16BrNO. The molecule has 1 atom stereocenters. The molecular weight excluding hydrogens is 266 g/mol. The van der Waals surface area contributed by atoms with Crippen LogP contribution in [-0.2, 0) is 5.60 Å². The fourth-order valence-electron chi connectivity index (χ4n) is 1.85. The number of halogens is 1. The van der Waals surface area contributed by atoms with Crippen molar-refractivity contribution in [2.45, 2.75) is 32.8 Å². The van der Waals surface area contributed by atoms with Crippen molar-refractivity contribution in [1.82, 2.24) is 0 Å². The number of benzene rings is 1. The Morgan fingerprint density at radius 2 is 2.06 bits per heavy atom. The van der Waals surface area contributed by atoms with E-state index in [0.717, 1.165) is 10.0 Å². The van der Waals surface area contributed by atoms with Crippen LogP contribution in [0.15, 0.2) is 28.7 Å². The van der Waals surface area contributed by atoms with Gasteiger partial charge in [0.25, 0.3) is 0 Å². The van der Waals surface area contributed by atoms with Crippen LogP contribution < -0.4 is 0 Å². The predicted molar refractivity (Wildman–Crippen MR) is 67.7 cm³/mol. The molecule has 1 N–H and O–H groups in total. The lowest BCUT2D eigenvalue weighted by molar-refractivity contribution is -0.0482. The zero-order valence-electron chi connectivity index (χ0n) is 9.79. The summed E-state index contributed by atoms with van der Waals surface area (Å²) in [5, 5.41) is 19.9. The molecule has 0 aromatic heterocycles. The zero-order chi connectivity index (χ0) is 12.4. The molecule has 86 valence electrons. The van der Waals surface area contributed by atoms with Crippen LogP contribution in [0.1, 0.15) is 32.8 Å². The highest BCUT2D eigenvalue weighted by Crippen LogP contribution is 2.42. The topological polar surface area (TPSA) is 44.0 Å². The molecule has 2 nitrogen and oxygen atoms in total. The SMILES string of the molecule is CCC(O)(c1cccc(Br)c1)C(C)(C)C#N. The molecule has 0 aliphatic carbocycles. The number of hydrogen-bond acceptors (Lipinski definition) is 2. The molecule has 3 heteroatoms. The minimum atomic E-state index is -1.12. The number of nitrogens with zero attached hydrogens (tertiary/aromatic N) is 1. The molecule has 0 saturated carbocycles. The molecule has 0 aliphatic heterocycles. The highest BCUT2D eigenvalue weighted by atomic mass is 79.9. The van der Waals surface area contributed by atoms with Crippen LogP contribution in [0, 0.1) is 16.7 Å². The van der Waals surface area contributed by atoms with Crippen molar-refractivity contribution in [2.75, 3.05) is 0 Å². The smallest absolute Gasteiger partial charge is 0.107 e. The number of aliphatic hydroxyl groups is 1. The Hall–Kier alpha value is -0.850. The maximum absolute atomic E-state index is 10.7. The van der Waals surface area contributed by atoms with Gasteiger partial charge in [-0.1, -0.05) is 35.0 Å². The lowest BCUT2D eigenvalue weighted by Gasteiger charge is -2.37. The first kappa shape index (κ1) is 13.2. The van der Waals surface area contributed by atoms with Crippen LogP contribution in [0.5, 0.6) is 0 Å². The largest absolute Gasteiger partial charge is 0.384 e. The highest BCUT2D eigenvalue weighted by molar-refractivity contribution is 9.10. The first-order valence-electron chi connectivity index (χ1n) is 5.27. The van der Waals surface area contributed by atoms with E-state index in [1.54, 1.807) is 13.8 Å². The summed E-state index contributed by atoms with van der Waals surface area (Å²) < 4.78 is 0.908. The van der Waals surface area contributed by atoms with Crippen molar-refractivity contribution in [3.8, 4) is 6.07 Å². The standard InChI is InChI=1S/C13H16BrNO/c1-4-13(16,12(2,3)9-15)10-6-5-7-11(14)8-10/h5-8,16H,4H2,1-3H3. The van der Waals surface area contributed by atoms with Gasteiger partial charge in [0.2, 0.25) is 0 Å². The molecule has 0 aliphatic rings. The third-order valence-corrected chi connectivity index (χ3v) is 3.62. The molecule has 1 aromatic carbocycles. The fraction of sp³-hybridized carbons (Fsp3) is 0.462. The van der Waals surface area contributed by atoms with Crippen LogP contribution >= 0.6 is 15.9 Å². The quantitative estimate of drug-likeness (QED) is 0.920. The summed E-state index contributed by atoms with van der Waals surface area (Å²) >= 11 is 3.38. The predicted octanol–water partition coefficient (Wildman–Crippen LogP) is 3.60. The summed E-state index contributed by atoms with van der Waals surface area (Å²) in [4.78, 5) is 0. The second kappa shape index (κ2) is 4.57. The molecule has 16 heavy (non-hydrogen) atoms. The van der Waals surface area contributed by atoms with E-state index in [2.05, 4.69) is 22.0 Å². The highest BCUT2D eigenvalue weighted by Gasteiger charge is 2.43. The first-order valence-corrected chi connectivity index (χ1v) is 6.06. The normalized spacial score (nSPS) is 15.2. The second-order valence-electron chi connectivity index (χ2n) is 4.46. The average molecular weight is 282 g/mol. The van der Waals surface area contributed by atoms with Gasteiger partial charge in [0.15, 0.2) is 0 Å². The molecule has 1 unspecified atom stereocenters. The zero-order valence-corrected chi connectivity index (χ0v) is 11.4. The van der Waals surface area contributed by atoms with Crippen molar-refractivity contribution >= 4 is 15.9 Å². The summed E-state index contributed by atoms with van der Waals surface area (Å²) in [7, 11) is 0. The minimum absolute atomic E-state index is 0.504. The van der Waals surface area contributed by atoms with Crippen molar-refractivity contribution in [2.24, 2.45) is 5.41 Å². The molecule has 0 saturated heterocycles. The summed E-state index contributed by atoms with van der Waals surface area (Å²) in [5.74, 6) is 0. The third-order valence-electron chi connectivity index (χ3n) is 3.13. The van der Waals surface area contributed by atoms with Crippen molar-refractivity contribution in [3.63, 3.8) is 0 Å². The van der Waals surface area contributed by atoms with Gasteiger partial charge in [0, 0.05) is 4.47 Å². The summed E-state index contributed by atoms with van der Waals surface area (Å²) in [6.07, 6.45) is 0.504. The summed E-state index contributed by atoms with van der Waals surface area (Å²) in [6, 6.07) is 9.67. The van der Waals surface area contributed by atoms with Crippen molar-refractivity contribution < 1.29 is 5.11 Å². The van der Waals surface area contributed by atoms with Crippen molar-refractivity contribution in [1.29, 1.82) is 5.26 Å². The third kappa shape index (κ3) is 2.14. The Bertz CT molecular complexity index is 422. The van der Waals surface area contributed by atoms with Crippen LogP contribution in [0.4, 0.5) is 0 Å². The fourth-order valence-corrected chi connectivity index (χ4v) is 2.24. The molecule has 0 fully saturated rings. The van der Waals surface area contributed by atoms with Crippen LogP contribution in [-0.4, -0.2) is 5.11 Å². The number of nitriles is 1. The lowest BCUT2D eigenvalue weighted by Crippen LogP contribution is -2.40. The van der Waals surface area contributed by atoms with Gasteiger partial charge in [-0.25, -0.2) is 0 Å². The van der Waals surface area contributed by atoms with Gasteiger partial charge in [-0.3, -0.25) is 0 Å². The Balaban J connectivity index is 3.32. The molecule has 0 amide bonds. The molecule has 0 heterocycles. The van der Waals surface area contributed by atoms with E-state index in [4.69, 9.17) is 5.26 Å². The molecule has 0 bridgehead atoms. The van der Waals surface area contributed by atoms with Gasteiger partial charge >= 0.3 is 0 Å². The van der Waals surface area contributed by atoms with E-state index in [9.17, 15) is 5.11 Å². The first-order chi connectivity index (χ1) is 7.37.